The molecule has 2 amide bonds. The molecule has 4 nitrogen and oxygen atoms in total. The molecule has 2 fully saturated rings. The first-order valence-electron chi connectivity index (χ1n) is 6.69. The van der Waals surface area contributed by atoms with Crippen LogP contribution in [0.2, 0.25) is 0 Å². The lowest BCUT2D eigenvalue weighted by Gasteiger charge is -2.30. The number of nitrogens with one attached hydrogen (secondary N) is 1. The lowest BCUT2D eigenvalue weighted by Crippen LogP contribution is -2.38. The van der Waals surface area contributed by atoms with E-state index < -0.39 is 0 Å². The van der Waals surface area contributed by atoms with Gasteiger partial charge in [-0.3, -0.25) is 14.5 Å². The molecule has 0 radical (unpaired) electrons. The van der Waals surface area contributed by atoms with Crippen molar-refractivity contribution in [2.75, 3.05) is 20.1 Å². The maximum Gasteiger partial charge on any atom is 0.235 e. The van der Waals surface area contributed by atoms with Crippen LogP contribution >= 0.6 is 0 Å². The predicted molar refractivity (Wildman–Crippen MR) is 65.4 cm³/mol. The van der Waals surface area contributed by atoms with E-state index in [4.69, 9.17) is 0 Å². The summed E-state index contributed by atoms with van der Waals surface area (Å²) in [6.45, 7) is 1.43. The molecule has 1 saturated heterocycles. The Balaban J connectivity index is 2.00. The molecule has 0 bridgehead atoms. The van der Waals surface area contributed by atoms with Crippen LogP contribution in [0.3, 0.4) is 0 Å². The zero-order chi connectivity index (χ0) is 12.3. The maximum absolute atomic E-state index is 12.4. The summed E-state index contributed by atoms with van der Waals surface area (Å²) in [6, 6.07) is 0. The smallest absolute Gasteiger partial charge is 0.235 e. The van der Waals surface area contributed by atoms with Crippen molar-refractivity contribution in [1.82, 2.24) is 10.2 Å². The van der Waals surface area contributed by atoms with E-state index in [9.17, 15) is 9.59 Å². The number of hydrogen-bond donors (Lipinski definition) is 1. The fraction of sp³-hybridized carbons (Fsp3) is 0.846. The lowest BCUT2D eigenvalue weighted by molar-refractivity contribution is -0.142. The number of imide groups is 1. The van der Waals surface area contributed by atoms with Crippen LogP contribution < -0.4 is 5.32 Å². The standard InChI is InChI=1S/C13H22N2O2/c1-14-8-5-9-15-11(16)10-13(12(15)17)6-3-2-4-7-13/h14H,2-10H2,1H3. The molecule has 1 N–H and O–H groups in total. The summed E-state index contributed by atoms with van der Waals surface area (Å²) in [5.74, 6) is 0.159. The minimum Gasteiger partial charge on any atom is -0.320 e. The molecule has 0 aromatic heterocycles. The van der Waals surface area contributed by atoms with Crippen molar-refractivity contribution in [2.45, 2.75) is 44.9 Å². The number of carbonyl (C=O) groups excluding carboxylic acids is 2. The molecule has 1 saturated carbocycles. The first-order valence-corrected chi connectivity index (χ1v) is 6.69. The van der Waals surface area contributed by atoms with E-state index in [1.165, 1.54) is 11.3 Å². The van der Waals surface area contributed by atoms with Crippen molar-refractivity contribution in [3.8, 4) is 0 Å². The Bertz CT molecular complexity index is 309. The molecule has 2 aliphatic rings. The van der Waals surface area contributed by atoms with Crippen molar-refractivity contribution in [3.05, 3.63) is 0 Å². The minimum absolute atomic E-state index is 0.0491. The monoisotopic (exact) mass is 238 g/mol. The molecule has 1 aliphatic heterocycles. The summed E-state index contributed by atoms with van der Waals surface area (Å²) in [7, 11) is 1.89. The summed E-state index contributed by atoms with van der Waals surface area (Å²) in [5, 5.41) is 3.04. The normalized spacial score (nSPS) is 23.7. The van der Waals surface area contributed by atoms with Crippen molar-refractivity contribution in [1.29, 1.82) is 0 Å². The first-order chi connectivity index (χ1) is 8.19. The second-order valence-corrected chi connectivity index (χ2v) is 5.33. The van der Waals surface area contributed by atoms with Crippen LogP contribution in [0, 0.1) is 5.41 Å². The molecular formula is C13H22N2O2. The third kappa shape index (κ3) is 2.37. The molecule has 0 unspecified atom stereocenters. The van der Waals surface area contributed by atoms with Crippen molar-refractivity contribution in [2.24, 2.45) is 5.41 Å². The van der Waals surface area contributed by atoms with Gasteiger partial charge < -0.3 is 5.32 Å². The average molecular weight is 238 g/mol. The Morgan fingerprint density at radius 3 is 2.59 bits per heavy atom. The number of carbonyl (C=O) groups is 2. The van der Waals surface area contributed by atoms with Crippen LogP contribution in [-0.2, 0) is 9.59 Å². The Morgan fingerprint density at radius 2 is 1.94 bits per heavy atom. The fourth-order valence-corrected chi connectivity index (χ4v) is 3.12. The van der Waals surface area contributed by atoms with Gasteiger partial charge in [0.15, 0.2) is 0 Å². The second-order valence-electron chi connectivity index (χ2n) is 5.33. The highest BCUT2D eigenvalue weighted by molar-refractivity contribution is 6.05. The van der Waals surface area contributed by atoms with Gasteiger partial charge in [-0.25, -0.2) is 0 Å². The highest BCUT2D eigenvalue weighted by Crippen LogP contribution is 2.45. The molecule has 1 spiro atoms. The summed E-state index contributed by atoms with van der Waals surface area (Å²) in [5.41, 5.74) is -0.311. The zero-order valence-corrected chi connectivity index (χ0v) is 10.6. The summed E-state index contributed by atoms with van der Waals surface area (Å²) in [4.78, 5) is 25.8. The van der Waals surface area contributed by atoms with Crippen LogP contribution in [0.1, 0.15) is 44.9 Å². The summed E-state index contributed by atoms with van der Waals surface area (Å²) in [6.07, 6.45) is 6.56. The Morgan fingerprint density at radius 1 is 1.24 bits per heavy atom. The van der Waals surface area contributed by atoms with Gasteiger partial charge in [-0.05, 0) is 32.9 Å². The quantitative estimate of drug-likeness (QED) is 0.593. The molecule has 4 heteroatoms. The largest absolute Gasteiger partial charge is 0.320 e. The molecule has 96 valence electrons. The van der Waals surface area contributed by atoms with Crippen molar-refractivity contribution >= 4 is 11.8 Å². The molecule has 1 heterocycles. The summed E-state index contributed by atoms with van der Waals surface area (Å²) < 4.78 is 0. The van der Waals surface area contributed by atoms with E-state index in [1.54, 1.807) is 0 Å². The topological polar surface area (TPSA) is 49.4 Å². The van der Waals surface area contributed by atoms with Gasteiger partial charge in [0.25, 0.3) is 0 Å². The zero-order valence-electron chi connectivity index (χ0n) is 10.6. The number of likely N-dealkylation sites (tertiary alicyclic amines) is 1. The van der Waals surface area contributed by atoms with E-state index in [2.05, 4.69) is 5.32 Å². The van der Waals surface area contributed by atoms with E-state index in [0.29, 0.717) is 13.0 Å². The number of hydrogen-bond acceptors (Lipinski definition) is 3. The Labute approximate surface area is 103 Å². The van der Waals surface area contributed by atoms with Crippen LogP contribution in [0.25, 0.3) is 0 Å². The van der Waals surface area contributed by atoms with Gasteiger partial charge in [0.05, 0.1) is 5.41 Å². The van der Waals surface area contributed by atoms with E-state index in [-0.39, 0.29) is 17.2 Å². The maximum atomic E-state index is 12.4. The Kier molecular flexibility index (Phi) is 3.82. The highest BCUT2D eigenvalue weighted by atomic mass is 16.2. The molecule has 0 aromatic rings. The van der Waals surface area contributed by atoms with Gasteiger partial charge in [0.1, 0.15) is 0 Å². The lowest BCUT2D eigenvalue weighted by atomic mass is 9.73. The molecular weight excluding hydrogens is 216 g/mol. The molecule has 2 rings (SSSR count). The Hall–Kier alpha value is -0.900. The van der Waals surface area contributed by atoms with E-state index >= 15 is 0 Å². The van der Waals surface area contributed by atoms with Gasteiger partial charge in [-0.15, -0.1) is 0 Å². The molecule has 0 aromatic carbocycles. The van der Waals surface area contributed by atoms with Gasteiger partial charge in [0, 0.05) is 13.0 Å². The third-order valence-electron chi connectivity index (χ3n) is 4.11. The number of amides is 2. The molecule has 0 atom stereocenters. The number of rotatable bonds is 4. The van der Waals surface area contributed by atoms with E-state index in [1.807, 2.05) is 7.05 Å². The highest BCUT2D eigenvalue weighted by Gasteiger charge is 2.50. The molecule has 17 heavy (non-hydrogen) atoms. The number of nitrogens with zero attached hydrogens (tertiary/aromatic N) is 1. The average Bonchev–Trinajstić information content (AvgIpc) is 2.55. The van der Waals surface area contributed by atoms with Crippen LogP contribution in [0.15, 0.2) is 0 Å². The van der Waals surface area contributed by atoms with Gasteiger partial charge in [-0.2, -0.15) is 0 Å². The summed E-state index contributed by atoms with van der Waals surface area (Å²) >= 11 is 0. The minimum atomic E-state index is -0.311. The van der Waals surface area contributed by atoms with Gasteiger partial charge in [-0.1, -0.05) is 19.3 Å². The van der Waals surface area contributed by atoms with Crippen molar-refractivity contribution in [3.63, 3.8) is 0 Å². The van der Waals surface area contributed by atoms with Gasteiger partial charge in [0.2, 0.25) is 11.8 Å². The van der Waals surface area contributed by atoms with Crippen LogP contribution in [0.4, 0.5) is 0 Å². The molecule has 1 aliphatic carbocycles. The second kappa shape index (κ2) is 5.17. The fourth-order valence-electron chi connectivity index (χ4n) is 3.12. The SMILES string of the molecule is CNCCCN1C(=O)CC2(CCCCC2)C1=O. The first kappa shape index (κ1) is 12.6. The third-order valence-corrected chi connectivity index (χ3v) is 4.11. The van der Waals surface area contributed by atoms with Gasteiger partial charge >= 0.3 is 0 Å². The van der Waals surface area contributed by atoms with Crippen molar-refractivity contribution < 1.29 is 9.59 Å². The van der Waals surface area contributed by atoms with Crippen LogP contribution in [-0.4, -0.2) is 36.9 Å². The van der Waals surface area contributed by atoms with Crippen LogP contribution in [0.5, 0.6) is 0 Å². The van der Waals surface area contributed by atoms with E-state index in [0.717, 1.165) is 38.6 Å². The predicted octanol–water partition coefficient (Wildman–Crippen LogP) is 1.31.